The monoisotopic (exact) mass is 368 g/mol. The number of carbonyl (C=O) groups is 1. The Morgan fingerprint density at radius 1 is 1.30 bits per heavy atom. The van der Waals surface area contributed by atoms with Crippen molar-refractivity contribution in [1.82, 2.24) is 14.9 Å². The molecule has 144 valence electrons. The smallest absolute Gasteiger partial charge is 0.356 e. The van der Waals surface area contributed by atoms with Gasteiger partial charge in [-0.1, -0.05) is 30.3 Å². The highest BCUT2D eigenvalue weighted by Crippen LogP contribution is 2.16. The largest absolute Gasteiger partial charge is 0.464 e. The molecule has 0 bridgehead atoms. The van der Waals surface area contributed by atoms with Gasteiger partial charge in [-0.3, -0.25) is 0 Å². The molecule has 1 saturated heterocycles. The van der Waals surface area contributed by atoms with Crippen LogP contribution in [0.4, 0.5) is 5.95 Å². The standard InChI is InChI=1S/C21H28N4O2/c1-16-14-19(20(26)27-2)24-21(22-16)23-18-11-7-13-25(15-18)12-6-10-17-8-4-3-5-9-17/h3-5,8-9,14,18H,6-7,10-13,15H2,1-2H3,(H,22,23,24)/t18-/m1/s1. The van der Waals surface area contributed by atoms with Crippen LogP contribution in [0.1, 0.15) is 41.0 Å². The van der Waals surface area contributed by atoms with Gasteiger partial charge in [0.2, 0.25) is 5.95 Å². The summed E-state index contributed by atoms with van der Waals surface area (Å²) >= 11 is 0. The number of esters is 1. The van der Waals surface area contributed by atoms with Crippen LogP contribution in [0.5, 0.6) is 0 Å². The fourth-order valence-corrected chi connectivity index (χ4v) is 3.55. The summed E-state index contributed by atoms with van der Waals surface area (Å²) in [5.74, 6) is 0.0706. The van der Waals surface area contributed by atoms with Crippen LogP contribution in [-0.4, -0.2) is 53.6 Å². The molecule has 0 unspecified atom stereocenters. The topological polar surface area (TPSA) is 67.3 Å². The lowest BCUT2D eigenvalue weighted by Gasteiger charge is -2.33. The number of benzene rings is 1. The number of methoxy groups -OCH3 is 1. The molecule has 1 aromatic carbocycles. The van der Waals surface area contributed by atoms with Crippen LogP contribution in [0.2, 0.25) is 0 Å². The van der Waals surface area contributed by atoms with E-state index >= 15 is 0 Å². The van der Waals surface area contributed by atoms with Gasteiger partial charge in [-0.25, -0.2) is 14.8 Å². The van der Waals surface area contributed by atoms with Crippen molar-refractivity contribution in [3.05, 3.63) is 53.3 Å². The van der Waals surface area contributed by atoms with Crippen molar-refractivity contribution in [3.63, 3.8) is 0 Å². The minimum atomic E-state index is -0.435. The SMILES string of the molecule is COC(=O)c1cc(C)nc(N[C@@H]2CCCN(CCCc3ccccc3)C2)n1. The van der Waals surface area contributed by atoms with E-state index in [4.69, 9.17) is 4.74 Å². The van der Waals surface area contributed by atoms with Crippen LogP contribution in [0.15, 0.2) is 36.4 Å². The van der Waals surface area contributed by atoms with Crippen LogP contribution in [0, 0.1) is 6.92 Å². The molecule has 27 heavy (non-hydrogen) atoms. The van der Waals surface area contributed by atoms with E-state index < -0.39 is 5.97 Å². The Morgan fingerprint density at radius 3 is 2.89 bits per heavy atom. The van der Waals surface area contributed by atoms with E-state index in [0.717, 1.165) is 51.0 Å². The van der Waals surface area contributed by atoms with Crippen LogP contribution in [-0.2, 0) is 11.2 Å². The highest BCUT2D eigenvalue weighted by molar-refractivity contribution is 5.87. The number of rotatable bonds is 7. The fourth-order valence-electron chi connectivity index (χ4n) is 3.55. The fraction of sp³-hybridized carbons (Fsp3) is 0.476. The number of nitrogens with zero attached hydrogens (tertiary/aromatic N) is 3. The molecule has 1 aromatic heterocycles. The third-order valence-electron chi connectivity index (χ3n) is 4.87. The third kappa shape index (κ3) is 5.76. The van der Waals surface area contributed by atoms with E-state index in [1.807, 2.05) is 6.92 Å². The zero-order chi connectivity index (χ0) is 19.1. The molecule has 1 N–H and O–H groups in total. The lowest BCUT2D eigenvalue weighted by molar-refractivity contribution is 0.0594. The summed E-state index contributed by atoms with van der Waals surface area (Å²) in [5, 5.41) is 3.41. The summed E-state index contributed by atoms with van der Waals surface area (Å²) in [7, 11) is 1.36. The average molecular weight is 368 g/mol. The molecule has 1 aliphatic heterocycles. The van der Waals surface area contributed by atoms with Crippen molar-refractivity contribution < 1.29 is 9.53 Å². The number of ether oxygens (including phenoxy) is 1. The molecule has 0 aliphatic carbocycles. The molecule has 0 saturated carbocycles. The summed E-state index contributed by atoms with van der Waals surface area (Å²) in [6.45, 7) is 5.06. The van der Waals surface area contributed by atoms with Crippen molar-refractivity contribution in [2.75, 3.05) is 32.1 Å². The zero-order valence-electron chi connectivity index (χ0n) is 16.1. The van der Waals surface area contributed by atoms with E-state index in [2.05, 4.69) is 50.5 Å². The first kappa shape index (κ1) is 19.3. The quantitative estimate of drug-likeness (QED) is 0.758. The number of anilines is 1. The molecule has 2 aromatic rings. The van der Waals surface area contributed by atoms with Gasteiger partial charge in [-0.05, 0) is 57.3 Å². The molecule has 0 amide bonds. The summed E-state index contributed by atoms with van der Waals surface area (Å²) in [6, 6.07) is 12.6. The van der Waals surface area contributed by atoms with Gasteiger partial charge in [0.05, 0.1) is 7.11 Å². The van der Waals surface area contributed by atoms with E-state index in [9.17, 15) is 4.79 Å². The van der Waals surface area contributed by atoms with Gasteiger partial charge >= 0.3 is 5.97 Å². The molecule has 0 radical (unpaired) electrons. The molecule has 6 nitrogen and oxygen atoms in total. The Kier molecular flexibility index (Phi) is 6.76. The maximum atomic E-state index is 11.7. The maximum absolute atomic E-state index is 11.7. The Bertz CT molecular complexity index is 751. The number of aryl methyl sites for hydroxylation is 2. The predicted molar refractivity (Wildman–Crippen MR) is 106 cm³/mol. The molecule has 0 spiro atoms. The van der Waals surface area contributed by atoms with E-state index in [0.29, 0.717) is 17.7 Å². The zero-order valence-corrected chi connectivity index (χ0v) is 16.1. The molecule has 1 atom stereocenters. The van der Waals surface area contributed by atoms with Crippen LogP contribution in [0.25, 0.3) is 0 Å². The number of likely N-dealkylation sites (tertiary alicyclic amines) is 1. The number of aromatic nitrogens is 2. The Morgan fingerprint density at radius 2 is 2.11 bits per heavy atom. The molecule has 2 heterocycles. The van der Waals surface area contributed by atoms with E-state index in [-0.39, 0.29) is 0 Å². The summed E-state index contributed by atoms with van der Waals surface area (Å²) in [6.07, 6.45) is 4.50. The van der Waals surface area contributed by atoms with Gasteiger partial charge in [0, 0.05) is 18.3 Å². The van der Waals surface area contributed by atoms with Crippen molar-refractivity contribution in [3.8, 4) is 0 Å². The van der Waals surface area contributed by atoms with E-state index in [1.54, 1.807) is 6.07 Å². The van der Waals surface area contributed by atoms with Gasteiger partial charge in [0.1, 0.15) is 0 Å². The molecular formula is C21H28N4O2. The lowest BCUT2D eigenvalue weighted by atomic mass is 10.0. The van der Waals surface area contributed by atoms with E-state index in [1.165, 1.54) is 12.7 Å². The van der Waals surface area contributed by atoms with Crippen molar-refractivity contribution >= 4 is 11.9 Å². The van der Waals surface area contributed by atoms with Gasteiger partial charge in [-0.15, -0.1) is 0 Å². The van der Waals surface area contributed by atoms with Crippen LogP contribution in [0.3, 0.4) is 0 Å². The lowest BCUT2D eigenvalue weighted by Crippen LogP contribution is -2.42. The summed E-state index contributed by atoms with van der Waals surface area (Å²) in [4.78, 5) is 23.0. The number of piperidine rings is 1. The number of carbonyl (C=O) groups excluding carboxylic acids is 1. The molecule has 6 heteroatoms. The number of hydrogen-bond acceptors (Lipinski definition) is 6. The second-order valence-corrected chi connectivity index (χ2v) is 7.08. The minimum Gasteiger partial charge on any atom is -0.464 e. The predicted octanol–water partition coefficient (Wildman–Crippen LogP) is 3.08. The normalized spacial score (nSPS) is 17.5. The average Bonchev–Trinajstić information content (AvgIpc) is 2.68. The van der Waals surface area contributed by atoms with Gasteiger partial charge in [0.25, 0.3) is 0 Å². The molecule has 1 fully saturated rings. The summed E-state index contributed by atoms with van der Waals surface area (Å²) < 4.78 is 4.77. The van der Waals surface area contributed by atoms with Crippen molar-refractivity contribution in [2.24, 2.45) is 0 Å². The van der Waals surface area contributed by atoms with Crippen LogP contribution < -0.4 is 5.32 Å². The van der Waals surface area contributed by atoms with Gasteiger partial charge in [0.15, 0.2) is 5.69 Å². The summed E-state index contributed by atoms with van der Waals surface area (Å²) in [5.41, 5.74) is 2.44. The molecule has 3 rings (SSSR count). The highest BCUT2D eigenvalue weighted by atomic mass is 16.5. The first-order valence-corrected chi connectivity index (χ1v) is 9.61. The van der Waals surface area contributed by atoms with Gasteiger partial charge < -0.3 is 15.0 Å². The number of hydrogen-bond donors (Lipinski definition) is 1. The molecule has 1 aliphatic rings. The second kappa shape index (κ2) is 9.46. The molecular weight excluding hydrogens is 340 g/mol. The highest BCUT2D eigenvalue weighted by Gasteiger charge is 2.21. The first-order chi connectivity index (χ1) is 13.1. The Balaban J connectivity index is 1.52. The van der Waals surface area contributed by atoms with Crippen molar-refractivity contribution in [1.29, 1.82) is 0 Å². The van der Waals surface area contributed by atoms with Crippen molar-refractivity contribution in [2.45, 2.75) is 38.6 Å². The third-order valence-corrected chi connectivity index (χ3v) is 4.87. The van der Waals surface area contributed by atoms with Crippen LogP contribution >= 0.6 is 0 Å². The van der Waals surface area contributed by atoms with Gasteiger partial charge in [-0.2, -0.15) is 0 Å². The minimum absolute atomic E-state index is 0.294. The maximum Gasteiger partial charge on any atom is 0.356 e. The Labute approximate surface area is 161 Å². The number of nitrogens with one attached hydrogen (secondary N) is 1. The Hall–Kier alpha value is -2.47. The second-order valence-electron chi connectivity index (χ2n) is 7.08. The first-order valence-electron chi connectivity index (χ1n) is 9.61.